The molecule has 1 amide bonds. The maximum atomic E-state index is 12.3. The Labute approximate surface area is 122 Å². The average Bonchev–Trinajstić information content (AvgIpc) is 2.99. The molecule has 0 aliphatic rings. The van der Waals surface area contributed by atoms with E-state index >= 15 is 0 Å². The zero-order chi connectivity index (χ0) is 14.4. The van der Waals surface area contributed by atoms with Gasteiger partial charge in [-0.1, -0.05) is 17.9 Å². The van der Waals surface area contributed by atoms with Gasteiger partial charge in [-0.15, -0.1) is 11.3 Å². The van der Waals surface area contributed by atoms with Gasteiger partial charge in [-0.05, 0) is 24.4 Å². The van der Waals surface area contributed by atoms with E-state index in [2.05, 4.69) is 22.1 Å². The zero-order valence-electron chi connectivity index (χ0n) is 11.1. The van der Waals surface area contributed by atoms with E-state index in [0.717, 1.165) is 4.88 Å². The molecule has 3 N–H and O–H groups in total. The Morgan fingerprint density at radius 1 is 1.55 bits per heavy atom. The summed E-state index contributed by atoms with van der Waals surface area (Å²) in [7, 11) is 0. The minimum absolute atomic E-state index is 0.0361. The van der Waals surface area contributed by atoms with Gasteiger partial charge in [0, 0.05) is 17.3 Å². The van der Waals surface area contributed by atoms with Crippen LogP contribution in [0.4, 0.5) is 0 Å². The molecule has 0 spiro atoms. The molecule has 5 heteroatoms. The number of nitrogens with zero attached hydrogens (tertiary/aromatic N) is 1. The maximum Gasteiger partial charge on any atom is 0.253 e. The van der Waals surface area contributed by atoms with E-state index in [4.69, 9.17) is 5.73 Å². The summed E-state index contributed by atoms with van der Waals surface area (Å²) < 4.78 is 0. The Morgan fingerprint density at radius 3 is 3.10 bits per heavy atom. The van der Waals surface area contributed by atoms with Gasteiger partial charge in [0.05, 0.1) is 23.7 Å². The van der Waals surface area contributed by atoms with Crippen molar-refractivity contribution in [2.24, 2.45) is 5.73 Å². The van der Waals surface area contributed by atoms with Crippen LogP contribution < -0.4 is 11.1 Å². The molecule has 1 unspecified atom stereocenters. The van der Waals surface area contributed by atoms with Crippen LogP contribution >= 0.6 is 11.3 Å². The molecule has 2 rings (SSSR count). The van der Waals surface area contributed by atoms with Gasteiger partial charge in [-0.3, -0.25) is 9.78 Å². The van der Waals surface area contributed by atoms with Gasteiger partial charge in [0.1, 0.15) is 0 Å². The first kappa shape index (κ1) is 14.3. The molecule has 20 heavy (non-hydrogen) atoms. The van der Waals surface area contributed by atoms with Crippen LogP contribution in [0.25, 0.3) is 0 Å². The minimum Gasteiger partial charge on any atom is -0.345 e. The van der Waals surface area contributed by atoms with Crippen molar-refractivity contribution in [2.45, 2.75) is 13.0 Å². The summed E-state index contributed by atoms with van der Waals surface area (Å²) in [4.78, 5) is 17.4. The van der Waals surface area contributed by atoms with Crippen LogP contribution in [-0.4, -0.2) is 17.4 Å². The van der Waals surface area contributed by atoms with E-state index in [0.29, 0.717) is 11.1 Å². The number of aromatic nitrogens is 1. The van der Waals surface area contributed by atoms with Crippen molar-refractivity contribution in [3.63, 3.8) is 0 Å². The smallest absolute Gasteiger partial charge is 0.253 e. The lowest BCUT2D eigenvalue weighted by molar-refractivity contribution is 0.0940. The topological polar surface area (TPSA) is 68.0 Å². The molecule has 0 aromatic carbocycles. The molecule has 0 aliphatic heterocycles. The summed E-state index contributed by atoms with van der Waals surface area (Å²) >= 11 is 1.61. The Bertz CT molecular complexity index is 641. The van der Waals surface area contributed by atoms with Gasteiger partial charge in [-0.2, -0.15) is 0 Å². The molecule has 4 nitrogen and oxygen atoms in total. The van der Waals surface area contributed by atoms with Crippen LogP contribution in [0.3, 0.4) is 0 Å². The van der Waals surface area contributed by atoms with Crippen LogP contribution in [0, 0.1) is 11.8 Å². The number of carbonyl (C=O) groups excluding carboxylic acids is 1. The second-order valence-corrected chi connectivity index (χ2v) is 5.12. The van der Waals surface area contributed by atoms with Crippen LogP contribution in [0.1, 0.15) is 33.8 Å². The van der Waals surface area contributed by atoms with Crippen LogP contribution in [0.2, 0.25) is 0 Å². The van der Waals surface area contributed by atoms with Crippen LogP contribution in [0.15, 0.2) is 36.0 Å². The highest BCUT2D eigenvalue weighted by atomic mass is 32.1. The summed E-state index contributed by atoms with van der Waals surface area (Å²) in [6.45, 7) is 2.21. The second-order valence-electron chi connectivity index (χ2n) is 4.14. The third-order valence-electron chi connectivity index (χ3n) is 2.71. The first-order valence-electron chi connectivity index (χ1n) is 6.19. The Morgan fingerprint density at radius 2 is 2.40 bits per heavy atom. The Balaban J connectivity index is 2.17. The minimum atomic E-state index is -0.158. The van der Waals surface area contributed by atoms with Crippen molar-refractivity contribution < 1.29 is 4.79 Å². The third-order valence-corrected chi connectivity index (χ3v) is 3.76. The number of hydrogen-bond acceptors (Lipinski definition) is 4. The summed E-state index contributed by atoms with van der Waals surface area (Å²) in [5.41, 5.74) is 6.46. The highest BCUT2D eigenvalue weighted by molar-refractivity contribution is 7.10. The molecule has 0 saturated carbocycles. The van der Waals surface area contributed by atoms with E-state index in [-0.39, 0.29) is 18.5 Å². The number of rotatable bonds is 3. The Hall–Kier alpha value is -2.16. The molecule has 1 atom stereocenters. The third kappa shape index (κ3) is 3.44. The number of pyridine rings is 1. The van der Waals surface area contributed by atoms with Crippen molar-refractivity contribution in [1.82, 2.24) is 10.3 Å². The molecule has 2 aromatic heterocycles. The quantitative estimate of drug-likeness (QED) is 0.847. The fraction of sp³-hybridized carbons (Fsp3) is 0.200. The average molecular weight is 285 g/mol. The normalized spacial score (nSPS) is 11.3. The highest BCUT2D eigenvalue weighted by Crippen LogP contribution is 2.19. The number of carbonyl (C=O) groups is 1. The van der Waals surface area contributed by atoms with E-state index in [9.17, 15) is 4.79 Å². The molecule has 0 bridgehead atoms. The predicted octanol–water partition coefficient (Wildman–Crippen LogP) is 1.94. The fourth-order valence-corrected chi connectivity index (χ4v) is 2.46. The monoisotopic (exact) mass is 285 g/mol. The fourth-order valence-electron chi connectivity index (χ4n) is 1.72. The van der Waals surface area contributed by atoms with Gasteiger partial charge < -0.3 is 11.1 Å². The number of amides is 1. The Kier molecular flexibility index (Phi) is 4.88. The van der Waals surface area contributed by atoms with Crippen LogP contribution in [-0.2, 0) is 0 Å². The largest absolute Gasteiger partial charge is 0.345 e. The van der Waals surface area contributed by atoms with E-state index in [1.807, 2.05) is 24.4 Å². The predicted molar refractivity (Wildman–Crippen MR) is 80.4 cm³/mol. The highest BCUT2D eigenvalue weighted by Gasteiger charge is 2.14. The van der Waals surface area contributed by atoms with Gasteiger partial charge in [-0.25, -0.2) is 0 Å². The van der Waals surface area contributed by atoms with E-state index in [1.165, 1.54) is 0 Å². The van der Waals surface area contributed by atoms with Gasteiger partial charge in [0.15, 0.2) is 0 Å². The zero-order valence-corrected chi connectivity index (χ0v) is 11.9. The molecule has 0 fully saturated rings. The first-order valence-corrected chi connectivity index (χ1v) is 7.07. The van der Waals surface area contributed by atoms with E-state index < -0.39 is 0 Å². The molecular formula is C15H15N3OS. The van der Waals surface area contributed by atoms with Gasteiger partial charge >= 0.3 is 0 Å². The molecule has 102 valence electrons. The molecule has 2 aromatic rings. The summed E-state index contributed by atoms with van der Waals surface area (Å²) in [5, 5.41) is 4.95. The molecule has 0 aliphatic carbocycles. The summed E-state index contributed by atoms with van der Waals surface area (Å²) in [6, 6.07) is 5.59. The van der Waals surface area contributed by atoms with Gasteiger partial charge in [0.25, 0.3) is 5.91 Å². The maximum absolute atomic E-state index is 12.3. The number of nitrogens with two attached hydrogens (primary N) is 1. The summed E-state index contributed by atoms with van der Waals surface area (Å²) in [6.07, 6.45) is 3.16. The van der Waals surface area contributed by atoms with Crippen molar-refractivity contribution in [1.29, 1.82) is 0 Å². The number of hydrogen-bond donors (Lipinski definition) is 2. The number of nitrogens with one attached hydrogen (secondary N) is 1. The van der Waals surface area contributed by atoms with Crippen molar-refractivity contribution in [3.8, 4) is 11.8 Å². The van der Waals surface area contributed by atoms with E-state index in [1.54, 1.807) is 29.8 Å². The molecule has 0 radical (unpaired) electrons. The van der Waals surface area contributed by atoms with Gasteiger partial charge in [0.2, 0.25) is 0 Å². The van der Waals surface area contributed by atoms with Crippen molar-refractivity contribution >= 4 is 17.2 Å². The molecule has 0 saturated heterocycles. The first-order chi connectivity index (χ1) is 9.72. The summed E-state index contributed by atoms with van der Waals surface area (Å²) in [5.74, 6) is 5.45. The molecular weight excluding hydrogens is 270 g/mol. The number of thiophene rings is 1. The SMILES string of the molecule is CC(NC(=O)c1ccncc1C#CCN)c1cccs1. The van der Waals surface area contributed by atoms with Crippen molar-refractivity contribution in [3.05, 3.63) is 52.0 Å². The lowest BCUT2D eigenvalue weighted by Gasteiger charge is -2.12. The second kappa shape index (κ2) is 6.85. The molecule has 2 heterocycles. The van der Waals surface area contributed by atoms with Crippen LogP contribution in [0.5, 0.6) is 0 Å². The lowest BCUT2D eigenvalue weighted by atomic mass is 10.1. The standard InChI is InChI=1S/C15H15N3OS/c1-11(14-5-3-9-20-14)18-15(19)13-6-8-17-10-12(13)4-2-7-16/h3,5-6,8-11H,7,16H2,1H3,(H,18,19). The van der Waals surface area contributed by atoms with Crippen molar-refractivity contribution in [2.75, 3.05) is 6.54 Å². The lowest BCUT2D eigenvalue weighted by Crippen LogP contribution is -2.26.